The number of non-ortho nitro benzene ring substituents is 1. The number of nitrogens with zero attached hydrogens (tertiary/aromatic N) is 4. The lowest BCUT2D eigenvalue weighted by Crippen LogP contribution is -1.99. The van der Waals surface area contributed by atoms with Crippen LogP contribution in [0.4, 0.5) is 10.8 Å². The molecule has 3 rings (SSSR count). The summed E-state index contributed by atoms with van der Waals surface area (Å²) in [5, 5.41) is 17.6. The summed E-state index contributed by atoms with van der Waals surface area (Å²) in [6.07, 6.45) is 3.41. The Bertz CT molecular complexity index is 892. The molecule has 0 aliphatic rings. The first-order valence-corrected chi connectivity index (χ1v) is 7.92. The summed E-state index contributed by atoms with van der Waals surface area (Å²) in [5.74, 6) is 0. The zero-order chi connectivity index (χ0) is 16.9. The van der Waals surface area contributed by atoms with Crippen molar-refractivity contribution in [1.29, 1.82) is 0 Å². The number of rotatable bonds is 5. The molecule has 24 heavy (non-hydrogen) atoms. The molecular weight excluding hydrogens is 326 g/mol. The molecule has 1 aromatic carbocycles. The number of aromatic nitrogens is 2. The second-order valence-electron chi connectivity index (χ2n) is 4.89. The predicted molar refractivity (Wildman–Crippen MR) is 94.3 cm³/mol. The van der Waals surface area contributed by atoms with Crippen LogP contribution in [0, 0.1) is 10.1 Å². The molecule has 0 aliphatic heterocycles. The molecule has 0 aliphatic carbocycles. The molecule has 8 heteroatoms. The van der Waals surface area contributed by atoms with Crippen molar-refractivity contribution in [1.82, 2.24) is 9.97 Å². The number of nitrogens with one attached hydrogen (secondary N) is 1. The number of anilines is 1. The average Bonchev–Trinajstić information content (AvgIpc) is 3.09. The fourth-order valence-electron chi connectivity index (χ4n) is 2.03. The summed E-state index contributed by atoms with van der Waals surface area (Å²) in [7, 11) is 0. The van der Waals surface area contributed by atoms with E-state index < -0.39 is 4.92 Å². The highest BCUT2D eigenvalue weighted by Crippen LogP contribution is 2.27. The van der Waals surface area contributed by atoms with E-state index in [1.54, 1.807) is 24.5 Å². The summed E-state index contributed by atoms with van der Waals surface area (Å²) in [4.78, 5) is 18.8. The van der Waals surface area contributed by atoms with Gasteiger partial charge in [-0.2, -0.15) is 5.10 Å². The van der Waals surface area contributed by atoms with Crippen LogP contribution in [-0.2, 0) is 0 Å². The van der Waals surface area contributed by atoms with Crippen LogP contribution >= 0.6 is 11.3 Å². The minimum absolute atomic E-state index is 0.0431. The van der Waals surface area contributed by atoms with Gasteiger partial charge in [-0.25, -0.2) is 4.98 Å². The lowest BCUT2D eigenvalue weighted by molar-refractivity contribution is -0.384. The number of nitro benzene ring substituents is 1. The number of thiazole rings is 1. The Morgan fingerprint density at radius 1 is 1.29 bits per heavy atom. The Labute approximate surface area is 141 Å². The van der Waals surface area contributed by atoms with Gasteiger partial charge in [0.15, 0.2) is 0 Å². The normalized spacial score (nSPS) is 11.3. The van der Waals surface area contributed by atoms with Gasteiger partial charge >= 0.3 is 0 Å². The van der Waals surface area contributed by atoms with Crippen LogP contribution in [-0.4, -0.2) is 20.6 Å². The zero-order valence-corrected chi connectivity index (χ0v) is 13.5. The van der Waals surface area contributed by atoms with E-state index in [0.29, 0.717) is 16.4 Å². The van der Waals surface area contributed by atoms with Crippen molar-refractivity contribution in [3.63, 3.8) is 0 Å². The van der Waals surface area contributed by atoms with Crippen LogP contribution < -0.4 is 5.43 Å². The van der Waals surface area contributed by atoms with E-state index in [4.69, 9.17) is 0 Å². The number of nitro groups is 1. The lowest BCUT2D eigenvalue weighted by Gasteiger charge is -2.00. The van der Waals surface area contributed by atoms with E-state index in [2.05, 4.69) is 20.5 Å². The fraction of sp³-hybridized carbons (Fsp3) is 0.0625. The molecule has 7 nitrogen and oxygen atoms in total. The topological polar surface area (TPSA) is 93.3 Å². The van der Waals surface area contributed by atoms with Gasteiger partial charge in [0.05, 0.1) is 16.3 Å². The Morgan fingerprint density at radius 3 is 2.83 bits per heavy atom. The van der Waals surface area contributed by atoms with Crippen molar-refractivity contribution in [3.05, 3.63) is 69.8 Å². The molecule has 120 valence electrons. The van der Waals surface area contributed by atoms with Crippen molar-refractivity contribution in [2.45, 2.75) is 6.92 Å². The third-order valence-electron chi connectivity index (χ3n) is 3.27. The molecule has 2 aromatic heterocycles. The molecule has 0 saturated carbocycles. The van der Waals surface area contributed by atoms with Gasteiger partial charge in [-0.3, -0.25) is 20.5 Å². The molecule has 0 unspecified atom stereocenters. The SMILES string of the molecule is C/C(=N\Nc1nc(-c2cccc([N+](=O)[O-])c2)cs1)c1ccncc1. The van der Waals surface area contributed by atoms with Crippen molar-refractivity contribution in [2.24, 2.45) is 5.10 Å². The number of hydrogen-bond acceptors (Lipinski definition) is 7. The van der Waals surface area contributed by atoms with Gasteiger partial charge in [-0.15, -0.1) is 11.3 Å². The highest BCUT2D eigenvalue weighted by atomic mass is 32.1. The summed E-state index contributed by atoms with van der Waals surface area (Å²) in [6, 6.07) is 10.1. The smallest absolute Gasteiger partial charge is 0.265 e. The first kappa shape index (κ1) is 15.8. The Morgan fingerprint density at radius 2 is 2.08 bits per heavy atom. The molecule has 0 bridgehead atoms. The monoisotopic (exact) mass is 339 g/mol. The zero-order valence-electron chi connectivity index (χ0n) is 12.7. The minimum atomic E-state index is -0.419. The maximum atomic E-state index is 10.9. The van der Waals surface area contributed by atoms with Gasteiger partial charge in [-0.05, 0) is 19.1 Å². The van der Waals surface area contributed by atoms with Gasteiger partial charge in [0, 0.05) is 41.0 Å². The van der Waals surface area contributed by atoms with Crippen LogP contribution in [0.2, 0.25) is 0 Å². The summed E-state index contributed by atoms with van der Waals surface area (Å²) in [5.41, 5.74) is 6.10. The third-order valence-corrected chi connectivity index (χ3v) is 4.02. The molecule has 0 amide bonds. The summed E-state index contributed by atoms with van der Waals surface area (Å²) in [6.45, 7) is 1.89. The molecule has 2 heterocycles. The molecule has 0 atom stereocenters. The maximum absolute atomic E-state index is 10.9. The number of pyridine rings is 1. The standard InChI is InChI=1S/C16H13N5O2S/c1-11(12-5-7-17-8-6-12)19-20-16-18-15(10-24-16)13-3-2-4-14(9-13)21(22)23/h2-10H,1H3,(H,18,20)/b19-11+. The van der Waals surface area contributed by atoms with Crippen molar-refractivity contribution in [3.8, 4) is 11.3 Å². The highest BCUT2D eigenvalue weighted by Gasteiger charge is 2.09. The maximum Gasteiger partial charge on any atom is 0.270 e. The summed E-state index contributed by atoms with van der Waals surface area (Å²) < 4.78 is 0. The molecule has 0 spiro atoms. The van der Waals surface area contributed by atoms with E-state index in [1.807, 2.05) is 24.4 Å². The van der Waals surface area contributed by atoms with Crippen molar-refractivity contribution < 1.29 is 4.92 Å². The van der Waals surface area contributed by atoms with Crippen molar-refractivity contribution >= 4 is 27.9 Å². The van der Waals surface area contributed by atoms with Crippen LogP contribution in [0.5, 0.6) is 0 Å². The minimum Gasteiger partial charge on any atom is -0.265 e. The second kappa shape index (κ2) is 6.97. The molecule has 3 aromatic rings. The van der Waals surface area contributed by atoms with E-state index >= 15 is 0 Å². The van der Waals surface area contributed by atoms with E-state index in [1.165, 1.54) is 23.5 Å². The fourth-order valence-corrected chi connectivity index (χ4v) is 2.69. The molecule has 0 fully saturated rings. The van der Waals surface area contributed by atoms with Gasteiger partial charge in [0.1, 0.15) is 0 Å². The van der Waals surface area contributed by atoms with Crippen LogP contribution in [0.15, 0.2) is 59.3 Å². The average molecular weight is 339 g/mol. The quantitative estimate of drug-likeness (QED) is 0.431. The van der Waals surface area contributed by atoms with E-state index in [-0.39, 0.29) is 5.69 Å². The van der Waals surface area contributed by atoms with Crippen LogP contribution in [0.1, 0.15) is 12.5 Å². The Hall–Kier alpha value is -3.13. The van der Waals surface area contributed by atoms with Gasteiger partial charge < -0.3 is 0 Å². The van der Waals surface area contributed by atoms with Crippen LogP contribution in [0.3, 0.4) is 0 Å². The predicted octanol–water partition coefficient (Wildman–Crippen LogP) is 3.95. The van der Waals surface area contributed by atoms with E-state index in [9.17, 15) is 10.1 Å². The summed E-state index contributed by atoms with van der Waals surface area (Å²) >= 11 is 1.38. The highest BCUT2D eigenvalue weighted by molar-refractivity contribution is 7.14. The second-order valence-corrected chi connectivity index (χ2v) is 5.75. The molecular formula is C16H13N5O2S. The van der Waals surface area contributed by atoms with Crippen molar-refractivity contribution in [2.75, 3.05) is 5.43 Å². The van der Waals surface area contributed by atoms with Gasteiger partial charge in [0.25, 0.3) is 5.69 Å². The third kappa shape index (κ3) is 3.61. The first-order valence-electron chi connectivity index (χ1n) is 7.04. The van der Waals surface area contributed by atoms with E-state index in [0.717, 1.165) is 11.3 Å². The lowest BCUT2D eigenvalue weighted by atomic mass is 10.1. The molecule has 0 saturated heterocycles. The Balaban J connectivity index is 1.76. The Kier molecular flexibility index (Phi) is 4.57. The molecule has 1 N–H and O–H groups in total. The number of hydrazone groups is 1. The molecule has 0 radical (unpaired) electrons. The van der Waals surface area contributed by atoms with Gasteiger partial charge in [0.2, 0.25) is 5.13 Å². The van der Waals surface area contributed by atoms with Crippen LogP contribution in [0.25, 0.3) is 11.3 Å². The largest absolute Gasteiger partial charge is 0.270 e. The number of benzene rings is 1. The van der Waals surface area contributed by atoms with Gasteiger partial charge in [-0.1, -0.05) is 12.1 Å². The first-order chi connectivity index (χ1) is 11.6. The number of hydrogen-bond donors (Lipinski definition) is 1.